The van der Waals surface area contributed by atoms with Crippen LogP contribution in [0.2, 0.25) is 0 Å². The lowest BCUT2D eigenvalue weighted by Gasteiger charge is -2.40. The Labute approximate surface area is 110 Å². The molecule has 0 radical (unpaired) electrons. The normalized spacial score (nSPS) is 30.0. The van der Waals surface area contributed by atoms with Gasteiger partial charge < -0.3 is 10.0 Å². The summed E-state index contributed by atoms with van der Waals surface area (Å²) in [7, 11) is 2.12. The Hall–Kier alpha value is -0.870. The highest BCUT2D eigenvalue weighted by Crippen LogP contribution is 2.29. The van der Waals surface area contributed by atoms with Crippen molar-refractivity contribution in [2.45, 2.75) is 57.7 Å². The first-order chi connectivity index (χ1) is 8.39. The summed E-state index contributed by atoms with van der Waals surface area (Å²) in [5, 5.41) is 15.2. The molecule has 2 unspecified atom stereocenters. The molecule has 18 heavy (non-hydrogen) atoms. The molecule has 2 atom stereocenters. The fraction of sp³-hybridized carbons (Fsp3) is 0.786. The second-order valence-corrected chi connectivity index (χ2v) is 6.07. The van der Waals surface area contributed by atoms with Crippen LogP contribution in [-0.2, 0) is 6.42 Å². The summed E-state index contributed by atoms with van der Waals surface area (Å²) >= 11 is 0. The van der Waals surface area contributed by atoms with Crippen molar-refractivity contribution in [1.82, 2.24) is 14.7 Å². The van der Waals surface area contributed by atoms with E-state index in [1.807, 2.05) is 16.9 Å². The Bertz CT molecular complexity index is 401. The molecule has 0 saturated carbocycles. The van der Waals surface area contributed by atoms with E-state index >= 15 is 0 Å². The first-order valence-electron chi connectivity index (χ1n) is 6.86. The number of hydrogen-bond acceptors (Lipinski definition) is 3. The van der Waals surface area contributed by atoms with Crippen molar-refractivity contribution in [3.8, 4) is 0 Å². The van der Waals surface area contributed by atoms with Crippen molar-refractivity contribution in [3.63, 3.8) is 0 Å². The van der Waals surface area contributed by atoms with E-state index in [-0.39, 0.29) is 0 Å². The van der Waals surface area contributed by atoms with E-state index < -0.39 is 5.60 Å². The number of nitrogens with zero attached hydrogens (tertiary/aromatic N) is 3. The highest BCUT2D eigenvalue weighted by Gasteiger charge is 2.35. The van der Waals surface area contributed by atoms with Crippen LogP contribution >= 0.6 is 0 Å². The number of aromatic nitrogens is 2. The van der Waals surface area contributed by atoms with Crippen LogP contribution in [0.25, 0.3) is 0 Å². The maximum absolute atomic E-state index is 10.7. The SMILES string of the molecule is CC1CC(O)(Cc2ccn(C(C)C)n2)CCN1C. The van der Waals surface area contributed by atoms with Crippen molar-refractivity contribution in [3.05, 3.63) is 18.0 Å². The first kappa shape index (κ1) is 13.6. The molecule has 1 aliphatic rings. The smallest absolute Gasteiger partial charge is 0.0730 e. The zero-order valence-electron chi connectivity index (χ0n) is 11.9. The average Bonchev–Trinajstić information content (AvgIpc) is 2.72. The highest BCUT2D eigenvalue weighted by molar-refractivity contribution is 5.06. The van der Waals surface area contributed by atoms with Crippen molar-refractivity contribution in [1.29, 1.82) is 0 Å². The summed E-state index contributed by atoms with van der Waals surface area (Å²) < 4.78 is 1.96. The largest absolute Gasteiger partial charge is 0.389 e. The van der Waals surface area contributed by atoms with Gasteiger partial charge in [-0.05, 0) is 46.7 Å². The Morgan fingerprint density at radius 3 is 2.83 bits per heavy atom. The summed E-state index contributed by atoms with van der Waals surface area (Å²) in [6, 6.07) is 2.85. The van der Waals surface area contributed by atoms with Gasteiger partial charge in [0.1, 0.15) is 0 Å². The van der Waals surface area contributed by atoms with Crippen LogP contribution in [0.4, 0.5) is 0 Å². The molecule has 1 aromatic heterocycles. The number of rotatable bonds is 3. The van der Waals surface area contributed by atoms with Crippen LogP contribution in [0.3, 0.4) is 0 Å². The molecular formula is C14H25N3O. The van der Waals surface area contributed by atoms with E-state index in [1.54, 1.807) is 0 Å². The minimum atomic E-state index is -0.581. The van der Waals surface area contributed by atoms with E-state index in [9.17, 15) is 5.11 Å². The molecule has 1 N–H and O–H groups in total. The first-order valence-corrected chi connectivity index (χ1v) is 6.86. The molecule has 1 saturated heterocycles. The van der Waals surface area contributed by atoms with E-state index in [0.717, 1.165) is 25.1 Å². The van der Waals surface area contributed by atoms with Crippen molar-refractivity contribution >= 4 is 0 Å². The summed E-state index contributed by atoms with van der Waals surface area (Å²) in [5.41, 5.74) is 0.421. The molecule has 2 heterocycles. The Morgan fingerprint density at radius 1 is 1.56 bits per heavy atom. The molecule has 1 aromatic rings. The molecule has 102 valence electrons. The van der Waals surface area contributed by atoms with Gasteiger partial charge in [0, 0.05) is 31.2 Å². The van der Waals surface area contributed by atoms with Gasteiger partial charge >= 0.3 is 0 Å². The van der Waals surface area contributed by atoms with Crippen molar-refractivity contribution < 1.29 is 5.11 Å². The average molecular weight is 251 g/mol. The fourth-order valence-electron chi connectivity index (χ4n) is 2.67. The van der Waals surface area contributed by atoms with Crippen LogP contribution in [0.5, 0.6) is 0 Å². The fourth-order valence-corrected chi connectivity index (χ4v) is 2.67. The van der Waals surface area contributed by atoms with Crippen LogP contribution in [-0.4, -0.2) is 45.0 Å². The highest BCUT2D eigenvalue weighted by atomic mass is 16.3. The molecular weight excluding hydrogens is 226 g/mol. The van der Waals surface area contributed by atoms with Gasteiger partial charge in [0.15, 0.2) is 0 Å². The molecule has 4 nitrogen and oxygen atoms in total. The number of piperidine rings is 1. The molecule has 0 spiro atoms. The lowest BCUT2D eigenvalue weighted by atomic mass is 9.84. The zero-order chi connectivity index (χ0) is 13.3. The van der Waals surface area contributed by atoms with E-state index in [2.05, 4.69) is 37.8 Å². The van der Waals surface area contributed by atoms with Gasteiger partial charge in [0.05, 0.1) is 11.3 Å². The molecule has 2 rings (SSSR count). The predicted molar refractivity (Wildman–Crippen MR) is 72.6 cm³/mol. The summed E-state index contributed by atoms with van der Waals surface area (Å²) in [6.07, 6.45) is 4.34. The predicted octanol–water partition coefficient (Wildman–Crippen LogP) is 1.85. The Morgan fingerprint density at radius 2 is 2.28 bits per heavy atom. The summed E-state index contributed by atoms with van der Waals surface area (Å²) in [5.74, 6) is 0. The van der Waals surface area contributed by atoms with E-state index in [0.29, 0.717) is 18.5 Å². The lowest BCUT2D eigenvalue weighted by molar-refractivity contribution is -0.0360. The number of likely N-dealkylation sites (tertiary alicyclic amines) is 1. The molecule has 4 heteroatoms. The Kier molecular flexibility index (Phi) is 3.78. The summed E-state index contributed by atoms with van der Waals surface area (Å²) in [4.78, 5) is 2.31. The van der Waals surface area contributed by atoms with Gasteiger partial charge in [-0.3, -0.25) is 4.68 Å². The number of hydrogen-bond donors (Lipinski definition) is 1. The molecule has 1 fully saturated rings. The van der Waals surface area contributed by atoms with Crippen LogP contribution < -0.4 is 0 Å². The minimum Gasteiger partial charge on any atom is -0.389 e. The molecule has 0 aliphatic carbocycles. The van der Waals surface area contributed by atoms with Crippen LogP contribution in [0.1, 0.15) is 45.3 Å². The minimum absolute atomic E-state index is 0.379. The second-order valence-electron chi connectivity index (χ2n) is 6.07. The third-order valence-electron chi connectivity index (χ3n) is 4.06. The van der Waals surface area contributed by atoms with Gasteiger partial charge in [-0.15, -0.1) is 0 Å². The topological polar surface area (TPSA) is 41.3 Å². The molecule has 0 aromatic carbocycles. The zero-order valence-corrected chi connectivity index (χ0v) is 11.9. The van der Waals surface area contributed by atoms with Gasteiger partial charge in [-0.2, -0.15) is 5.10 Å². The van der Waals surface area contributed by atoms with Crippen molar-refractivity contribution in [2.75, 3.05) is 13.6 Å². The summed E-state index contributed by atoms with van der Waals surface area (Å²) in [6.45, 7) is 7.37. The maximum Gasteiger partial charge on any atom is 0.0730 e. The van der Waals surface area contributed by atoms with Crippen LogP contribution in [0, 0.1) is 0 Å². The molecule has 0 amide bonds. The third-order valence-corrected chi connectivity index (χ3v) is 4.06. The standard InChI is InChI=1S/C14H25N3O/c1-11(2)17-7-5-13(15-17)10-14(18)6-8-16(4)12(3)9-14/h5,7,11-12,18H,6,8-10H2,1-4H3. The molecule has 0 bridgehead atoms. The Balaban J connectivity index is 2.03. The third kappa shape index (κ3) is 2.93. The van der Waals surface area contributed by atoms with Gasteiger partial charge in [0.25, 0.3) is 0 Å². The monoisotopic (exact) mass is 251 g/mol. The maximum atomic E-state index is 10.7. The van der Waals surface area contributed by atoms with Crippen LogP contribution in [0.15, 0.2) is 12.3 Å². The van der Waals surface area contributed by atoms with E-state index in [1.165, 1.54) is 0 Å². The van der Waals surface area contributed by atoms with E-state index in [4.69, 9.17) is 0 Å². The quantitative estimate of drug-likeness (QED) is 0.891. The van der Waals surface area contributed by atoms with Gasteiger partial charge in [0.2, 0.25) is 0 Å². The van der Waals surface area contributed by atoms with Gasteiger partial charge in [-0.1, -0.05) is 0 Å². The number of aliphatic hydroxyl groups is 1. The second kappa shape index (κ2) is 5.02. The molecule has 1 aliphatic heterocycles. The lowest BCUT2D eigenvalue weighted by Crippen LogP contribution is -2.48. The van der Waals surface area contributed by atoms with Gasteiger partial charge in [-0.25, -0.2) is 0 Å². The van der Waals surface area contributed by atoms with Crippen molar-refractivity contribution in [2.24, 2.45) is 0 Å².